The van der Waals surface area contributed by atoms with Gasteiger partial charge >= 0.3 is 0 Å². The second kappa shape index (κ2) is 6.81. The van der Waals surface area contributed by atoms with Crippen LogP contribution in [-0.4, -0.2) is 0 Å². The molecule has 0 aromatic heterocycles. The molecule has 1 atom stereocenters. The molecule has 2 aromatic carbocycles. The molecule has 3 heteroatoms. The molecule has 2 aromatic rings. The SMILES string of the molecule is CCC(NCc1cc(C)c(F)c(C)c1)c1cccc(F)c1. The summed E-state index contributed by atoms with van der Waals surface area (Å²) in [7, 11) is 0. The first-order valence-corrected chi connectivity index (χ1v) is 7.25. The summed E-state index contributed by atoms with van der Waals surface area (Å²) < 4.78 is 26.9. The highest BCUT2D eigenvalue weighted by Gasteiger charge is 2.10. The molecule has 21 heavy (non-hydrogen) atoms. The molecule has 0 saturated carbocycles. The highest BCUT2D eigenvalue weighted by molar-refractivity contribution is 5.30. The van der Waals surface area contributed by atoms with Gasteiger partial charge in [0.1, 0.15) is 11.6 Å². The lowest BCUT2D eigenvalue weighted by Crippen LogP contribution is -2.20. The van der Waals surface area contributed by atoms with Crippen LogP contribution < -0.4 is 5.32 Å². The number of hydrogen-bond acceptors (Lipinski definition) is 1. The minimum Gasteiger partial charge on any atom is -0.306 e. The fourth-order valence-electron chi connectivity index (χ4n) is 2.60. The van der Waals surface area contributed by atoms with Gasteiger partial charge in [-0.05, 0) is 54.7 Å². The molecule has 1 unspecified atom stereocenters. The predicted octanol–water partition coefficient (Wildman–Crippen LogP) is 4.82. The van der Waals surface area contributed by atoms with Crippen molar-refractivity contribution < 1.29 is 8.78 Å². The van der Waals surface area contributed by atoms with E-state index in [0.717, 1.165) is 17.5 Å². The molecule has 0 spiro atoms. The predicted molar refractivity (Wildman–Crippen MR) is 82.1 cm³/mol. The zero-order valence-electron chi connectivity index (χ0n) is 12.7. The van der Waals surface area contributed by atoms with Gasteiger partial charge in [0.15, 0.2) is 0 Å². The van der Waals surface area contributed by atoms with E-state index in [4.69, 9.17) is 0 Å². The minimum absolute atomic E-state index is 0.0892. The number of hydrogen-bond donors (Lipinski definition) is 1. The van der Waals surface area contributed by atoms with Crippen LogP contribution in [-0.2, 0) is 6.54 Å². The van der Waals surface area contributed by atoms with Crippen LogP contribution in [0.1, 0.15) is 41.6 Å². The Morgan fingerprint density at radius 2 is 1.71 bits per heavy atom. The van der Waals surface area contributed by atoms with E-state index in [2.05, 4.69) is 12.2 Å². The topological polar surface area (TPSA) is 12.0 Å². The smallest absolute Gasteiger partial charge is 0.129 e. The fourth-order valence-corrected chi connectivity index (χ4v) is 2.60. The van der Waals surface area contributed by atoms with Gasteiger partial charge < -0.3 is 5.32 Å². The van der Waals surface area contributed by atoms with Crippen LogP contribution in [0.2, 0.25) is 0 Å². The first-order chi connectivity index (χ1) is 10.0. The van der Waals surface area contributed by atoms with Crippen LogP contribution in [0, 0.1) is 25.5 Å². The molecular formula is C18H21F2N. The Kier molecular flexibility index (Phi) is 5.07. The maximum atomic E-state index is 13.6. The number of benzene rings is 2. The van der Waals surface area contributed by atoms with Crippen LogP contribution in [0.3, 0.4) is 0 Å². The largest absolute Gasteiger partial charge is 0.306 e. The van der Waals surface area contributed by atoms with E-state index >= 15 is 0 Å². The molecule has 2 rings (SSSR count). The third-order valence-corrected chi connectivity index (χ3v) is 3.71. The molecule has 0 saturated heterocycles. The molecule has 0 aliphatic carbocycles. The molecule has 0 aliphatic rings. The molecule has 0 heterocycles. The van der Waals surface area contributed by atoms with Crippen molar-refractivity contribution in [2.24, 2.45) is 0 Å². The Hall–Kier alpha value is -1.74. The number of rotatable bonds is 5. The second-order valence-electron chi connectivity index (χ2n) is 5.44. The molecule has 0 aliphatic heterocycles. The minimum atomic E-state index is -0.221. The second-order valence-corrected chi connectivity index (χ2v) is 5.44. The number of aryl methyl sites for hydroxylation is 2. The van der Waals surface area contributed by atoms with E-state index in [-0.39, 0.29) is 17.7 Å². The van der Waals surface area contributed by atoms with Crippen molar-refractivity contribution in [2.75, 3.05) is 0 Å². The summed E-state index contributed by atoms with van der Waals surface area (Å²) in [4.78, 5) is 0. The lowest BCUT2D eigenvalue weighted by atomic mass is 10.0. The first-order valence-electron chi connectivity index (χ1n) is 7.25. The summed E-state index contributed by atoms with van der Waals surface area (Å²) in [6, 6.07) is 10.4. The van der Waals surface area contributed by atoms with Gasteiger partial charge in [0.25, 0.3) is 0 Å². The highest BCUT2D eigenvalue weighted by atomic mass is 19.1. The van der Waals surface area contributed by atoms with Gasteiger partial charge in [0.2, 0.25) is 0 Å². The third-order valence-electron chi connectivity index (χ3n) is 3.71. The van der Waals surface area contributed by atoms with Gasteiger partial charge in [-0.15, -0.1) is 0 Å². The van der Waals surface area contributed by atoms with Gasteiger partial charge in [-0.3, -0.25) is 0 Å². The van der Waals surface area contributed by atoms with Crippen molar-refractivity contribution in [2.45, 2.75) is 39.8 Å². The monoisotopic (exact) mass is 289 g/mol. The van der Waals surface area contributed by atoms with E-state index in [1.807, 2.05) is 18.2 Å². The van der Waals surface area contributed by atoms with Gasteiger partial charge in [-0.2, -0.15) is 0 Å². The summed E-state index contributed by atoms with van der Waals surface area (Å²) in [5.41, 5.74) is 3.30. The van der Waals surface area contributed by atoms with Crippen molar-refractivity contribution >= 4 is 0 Å². The molecule has 1 nitrogen and oxygen atoms in total. The van der Waals surface area contributed by atoms with Crippen LogP contribution in [0.4, 0.5) is 8.78 Å². The van der Waals surface area contributed by atoms with E-state index in [1.165, 1.54) is 6.07 Å². The summed E-state index contributed by atoms with van der Waals surface area (Å²) in [6.07, 6.45) is 0.864. The van der Waals surface area contributed by atoms with Crippen molar-refractivity contribution in [3.63, 3.8) is 0 Å². The third kappa shape index (κ3) is 3.88. The summed E-state index contributed by atoms with van der Waals surface area (Å²) >= 11 is 0. The lowest BCUT2D eigenvalue weighted by molar-refractivity contribution is 0.513. The Balaban J connectivity index is 2.10. The Labute approximate surface area is 125 Å². The van der Waals surface area contributed by atoms with E-state index in [1.54, 1.807) is 26.0 Å². The van der Waals surface area contributed by atoms with Crippen LogP contribution >= 0.6 is 0 Å². The summed E-state index contributed by atoms with van der Waals surface area (Å²) in [6.45, 7) is 6.24. The van der Waals surface area contributed by atoms with E-state index < -0.39 is 0 Å². The highest BCUT2D eigenvalue weighted by Crippen LogP contribution is 2.19. The molecule has 0 fully saturated rings. The van der Waals surface area contributed by atoms with E-state index in [0.29, 0.717) is 17.7 Å². The van der Waals surface area contributed by atoms with E-state index in [9.17, 15) is 8.78 Å². The number of halogens is 2. The first kappa shape index (κ1) is 15.6. The zero-order valence-corrected chi connectivity index (χ0v) is 12.7. The van der Waals surface area contributed by atoms with Crippen molar-refractivity contribution in [1.29, 1.82) is 0 Å². The van der Waals surface area contributed by atoms with Gasteiger partial charge in [0, 0.05) is 12.6 Å². The van der Waals surface area contributed by atoms with Crippen LogP contribution in [0.5, 0.6) is 0 Å². The summed E-state index contributed by atoms with van der Waals surface area (Å²) in [5.74, 6) is -0.364. The standard InChI is InChI=1S/C18H21F2N/c1-4-17(15-6-5-7-16(19)10-15)21-11-14-8-12(2)18(20)13(3)9-14/h5-10,17,21H,4,11H2,1-3H3. The lowest BCUT2D eigenvalue weighted by Gasteiger charge is -2.18. The summed E-state index contributed by atoms with van der Waals surface area (Å²) in [5, 5.41) is 3.41. The molecule has 112 valence electrons. The Morgan fingerprint density at radius 1 is 1.05 bits per heavy atom. The normalized spacial score (nSPS) is 12.4. The molecule has 0 amide bonds. The van der Waals surface area contributed by atoms with Gasteiger partial charge in [-0.25, -0.2) is 8.78 Å². The van der Waals surface area contributed by atoms with Crippen molar-refractivity contribution in [1.82, 2.24) is 5.32 Å². The fraction of sp³-hybridized carbons (Fsp3) is 0.333. The average Bonchev–Trinajstić information content (AvgIpc) is 2.45. The average molecular weight is 289 g/mol. The van der Waals surface area contributed by atoms with Crippen molar-refractivity contribution in [3.05, 3.63) is 70.3 Å². The molecule has 0 radical (unpaired) electrons. The molecule has 0 bridgehead atoms. The number of nitrogens with one attached hydrogen (secondary N) is 1. The van der Waals surface area contributed by atoms with Gasteiger partial charge in [-0.1, -0.05) is 31.2 Å². The maximum absolute atomic E-state index is 13.6. The zero-order chi connectivity index (χ0) is 15.4. The Bertz CT molecular complexity index is 599. The van der Waals surface area contributed by atoms with Crippen LogP contribution in [0.25, 0.3) is 0 Å². The maximum Gasteiger partial charge on any atom is 0.129 e. The molecular weight excluding hydrogens is 268 g/mol. The Morgan fingerprint density at radius 3 is 2.29 bits per heavy atom. The van der Waals surface area contributed by atoms with Crippen LogP contribution in [0.15, 0.2) is 36.4 Å². The van der Waals surface area contributed by atoms with Gasteiger partial charge in [0.05, 0.1) is 0 Å². The molecule has 1 N–H and O–H groups in total. The quantitative estimate of drug-likeness (QED) is 0.832. The van der Waals surface area contributed by atoms with Crippen molar-refractivity contribution in [3.8, 4) is 0 Å².